The van der Waals surface area contributed by atoms with E-state index in [1.165, 1.54) is 18.5 Å². The van der Waals surface area contributed by atoms with Crippen LogP contribution in [0.4, 0.5) is 11.8 Å². The van der Waals surface area contributed by atoms with Gasteiger partial charge in [0.15, 0.2) is 0 Å². The van der Waals surface area contributed by atoms with E-state index < -0.39 is 10.0 Å². The van der Waals surface area contributed by atoms with E-state index in [2.05, 4.69) is 20.6 Å². The van der Waals surface area contributed by atoms with Gasteiger partial charge in [0.1, 0.15) is 5.82 Å². The lowest BCUT2D eigenvalue weighted by molar-refractivity contribution is 0.0926. The molecule has 0 saturated heterocycles. The predicted octanol–water partition coefficient (Wildman–Crippen LogP) is 3.04. The Balaban J connectivity index is 1.32. The van der Waals surface area contributed by atoms with Crippen molar-refractivity contribution in [3.8, 4) is 0 Å². The molecule has 3 aromatic rings. The molecule has 1 amide bonds. The normalized spacial score (nSPS) is 18.3. The van der Waals surface area contributed by atoms with Crippen LogP contribution in [-0.2, 0) is 10.0 Å². The summed E-state index contributed by atoms with van der Waals surface area (Å²) in [5, 5.41) is 6.43. The van der Waals surface area contributed by atoms with Crippen LogP contribution in [0.1, 0.15) is 41.6 Å². The minimum absolute atomic E-state index is 0.0385. The highest BCUT2D eigenvalue weighted by atomic mass is 32.2. The third kappa shape index (κ3) is 5.39. The summed E-state index contributed by atoms with van der Waals surface area (Å²) < 4.78 is 26.7. The molecule has 34 heavy (non-hydrogen) atoms. The number of amides is 1. The minimum atomic E-state index is -3.73. The van der Waals surface area contributed by atoms with Gasteiger partial charge >= 0.3 is 0 Å². The van der Waals surface area contributed by atoms with Gasteiger partial charge in [-0.25, -0.2) is 17.4 Å². The fraction of sp³-hybridized carbons (Fsp3) is 0.375. The number of rotatable bonds is 7. The van der Waals surface area contributed by atoms with E-state index in [1.807, 2.05) is 32.0 Å². The Bertz CT molecular complexity index is 1250. The van der Waals surface area contributed by atoms with E-state index in [0.717, 1.165) is 41.0 Å². The van der Waals surface area contributed by atoms with Gasteiger partial charge in [-0.1, -0.05) is 17.7 Å². The lowest BCUT2D eigenvalue weighted by Crippen LogP contribution is -2.40. The Kier molecular flexibility index (Phi) is 6.87. The maximum atomic E-state index is 12.8. The highest BCUT2D eigenvalue weighted by molar-refractivity contribution is 7.90. The molecule has 2 N–H and O–H groups in total. The second-order valence-electron chi connectivity index (χ2n) is 8.85. The van der Waals surface area contributed by atoms with Crippen LogP contribution in [0.5, 0.6) is 0 Å². The topological polar surface area (TPSA) is 109 Å². The zero-order valence-electron chi connectivity index (χ0n) is 19.6. The van der Waals surface area contributed by atoms with Crippen LogP contribution in [-0.4, -0.2) is 54.4 Å². The molecule has 2 aromatic heterocycles. The van der Waals surface area contributed by atoms with Crippen molar-refractivity contribution < 1.29 is 13.2 Å². The Morgan fingerprint density at radius 1 is 1.03 bits per heavy atom. The van der Waals surface area contributed by atoms with Crippen molar-refractivity contribution in [3.63, 3.8) is 0 Å². The Labute approximate surface area is 200 Å². The third-order valence-electron chi connectivity index (χ3n) is 6.02. The molecule has 4 rings (SSSR count). The molecule has 2 heterocycles. The van der Waals surface area contributed by atoms with E-state index >= 15 is 0 Å². The molecule has 0 spiro atoms. The van der Waals surface area contributed by atoms with Gasteiger partial charge in [0.05, 0.1) is 10.5 Å². The van der Waals surface area contributed by atoms with Crippen LogP contribution in [0, 0.1) is 6.92 Å². The number of carbonyl (C=O) groups is 1. The fourth-order valence-electron chi connectivity index (χ4n) is 3.99. The summed E-state index contributed by atoms with van der Waals surface area (Å²) in [6.45, 7) is 1.90. The minimum Gasteiger partial charge on any atom is -0.363 e. The molecular formula is C24H30N6O3S. The molecule has 9 nitrogen and oxygen atoms in total. The Morgan fingerprint density at radius 3 is 2.38 bits per heavy atom. The maximum absolute atomic E-state index is 12.8. The SMILES string of the molecule is Cc1ccc(S(=O)(=O)n2ccc(C(=O)NC3CCC(Nc4nccc(N(C)C)n4)CC3)c2)cc1. The number of aryl methyl sites for hydroxylation is 1. The monoisotopic (exact) mass is 482 g/mol. The number of carbonyl (C=O) groups excluding carboxylic acids is 1. The molecular weight excluding hydrogens is 452 g/mol. The largest absolute Gasteiger partial charge is 0.363 e. The van der Waals surface area contributed by atoms with Gasteiger partial charge < -0.3 is 15.5 Å². The molecule has 1 fully saturated rings. The van der Waals surface area contributed by atoms with Crippen molar-refractivity contribution in [1.82, 2.24) is 19.3 Å². The summed E-state index contributed by atoms with van der Waals surface area (Å²) >= 11 is 0. The lowest BCUT2D eigenvalue weighted by atomic mass is 9.91. The molecule has 180 valence electrons. The summed E-state index contributed by atoms with van der Waals surface area (Å²) in [5.74, 6) is 1.18. The van der Waals surface area contributed by atoms with Crippen molar-refractivity contribution >= 4 is 27.7 Å². The fourth-order valence-corrected chi connectivity index (χ4v) is 5.19. The van der Waals surface area contributed by atoms with Crippen molar-refractivity contribution in [2.24, 2.45) is 0 Å². The molecule has 1 aromatic carbocycles. The zero-order chi connectivity index (χ0) is 24.3. The number of anilines is 2. The van der Waals surface area contributed by atoms with Gasteiger partial charge in [0, 0.05) is 44.8 Å². The van der Waals surface area contributed by atoms with E-state index in [1.54, 1.807) is 30.5 Å². The first-order chi connectivity index (χ1) is 16.2. The Hall–Kier alpha value is -3.40. The lowest BCUT2D eigenvalue weighted by Gasteiger charge is -2.29. The van der Waals surface area contributed by atoms with Crippen LogP contribution in [0.15, 0.2) is 59.9 Å². The second-order valence-corrected chi connectivity index (χ2v) is 10.7. The average molecular weight is 483 g/mol. The van der Waals surface area contributed by atoms with Crippen molar-refractivity contribution in [2.75, 3.05) is 24.3 Å². The highest BCUT2D eigenvalue weighted by Crippen LogP contribution is 2.22. The number of nitrogens with zero attached hydrogens (tertiary/aromatic N) is 4. The number of nitrogens with one attached hydrogen (secondary N) is 2. The standard InChI is InChI=1S/C24H30N6O3S/c1-17-4-10-21(11-5-17)34(32,33)30-15-13-18(16-30)23(31)26-19-6-8-20(9-7-19)27-24-25-14-12-22(28-24)29(2)3/h4-5,10-16,19-20H,6-9H2,1-3H3,(H,26,31)(H,25,27,28). The molecule has 10 heteroatoms. The van der Waals surface area contributed by atoms with Gasteiger partial charge in [0.2, 0.25) is 5.95 Å². The van der Waals surface area contributed by atoms with Crippen LogP contribution < -0.4 is 15.5 Å². The maximum Gasteiger partial charge on any atom is 0.267 e. The summed E-state index contributed by atoms with van der Waals surface area (Å²) in [6, 6.07) is 10.3. The number of hydrogen-bond acceptors (Lipinski definition) is 7. The summed E-state index contributed by atoms with van der Waals surface area (Å²) in [6.07, 6.45) is 7.91. The molecule has 0 aliphatic heterocycles. The number of aromatic nitrogens is 3. The highest BCUT2D eigenvalue weighted by Gasteiger charge is 2.24. The molecule has 0 atom stereocenters. The van der Waals surface area contributed by atoms with Gasteiger partial charge in [-0.2, -0.15) is 4.98 Å². The summed E-state index contributed by atoms with van der Waals surface area (Å²) in [7, 11) is 0.140. The molecule has 1 aliphatic rings. The molecule has 1 saturated carbocycles. The van der Waals surface area contributed by atoms with E-state index in [4.69, 9.17) is 0 Å². The predicted molar refractivity (Wildman–Crippen MR) is 132 cm³/mol. The number of benzene rings is 1. The zero-order valence-corrected chi connectivity index (χ0v) is 20.4. The van der Waals surface area contributed by atoms with Crippen LogP contribution in [0.2, 0.25) is 0 Å². The van der Waals surface area contributed by atoms with Crippen LogP contribution in [0.3, 0.4) is 0 Å². The quantitative estimate of drug-likeness (QED) is 0.533. The molecule has 0 radical (unpaired) electrons. The average Bonchev–Trinajstić information content (AvgIpc) is 3.32. The first-order valence-electron chi connectivity index (χ1n) is 11.3. The Morgan fingerprint density at radius 2 is 1.71 bits per heavy atom. The second kappa shape index (κ2) is 9.84. The van der Waals surface area contributed by atoms with Gasteiger partial charge in [-0.15, -0.1) is 0 Å². The van der Waals surface area contributed by atoms with E-state index in [9.17, 15) is 13.2 Å². The number of hydrogen-bond donors (Lipinski definition) is 2. The van der Waals surface area contributed by atoms with Crippen LogP contribution >= 0.6 is 0 Å². The smallest absolute Gasteiger partial charge is 0.267 e. The molecule has 0 unspecified atom stereocenters. The van der Waals surface area contributed by atoms with Gasteiger partial charge in [-0.05, 0) is 56.9 Å². The third-order valence-corrected chi connectivity index (χ3v) is 7.67. The van der Waals surface area contributed by atoms with Gasteiger partial charge in [0.25, 0.3) is 15.9 Å². The van der Waals surface area contributed by atoms with Crippen molar-refractivity contribution in [2.45, 2.75) is 49.6 Å². The van der Waals surface area contributed by atoms with Gasteiger partial charge in [-0.3, -0.25) is 4.79 Å². The first kappa shape index (κ1) is 23.7. The summed E-state index contributed by atoms with van der Waals surface area (Å²) in [4.78, 5) is 23.7. The molecule has 1 aliphatic carbocycles. The summed E-state index contributed by atoms with van der Waals surface area (Å²) in [5.41, 5.74) is 1.30. The van der Waals surface area contributed by atoms with Crippen LogP contribution in [0.25, 0.3) is 0 Å². The molecule has 0 bridgehead atoms. The van der Waals surface area contributed by atoms with Crippen molar-refractivity contribution in [1.29, 1.82) is 0 Å². The first-order valence-corrected chi connectivity index (χ1v) is 12.7. The van der Waals surface area contributed by atoms with E-state index in [-0.39, 0.29) is 22.9 Å². The van der Waals surface area contributed by atoms with E-state index in [0.29, 0.717) is 11.5 Å². The van der Waals surface area contributed by atoms with Crippen molar-refractivity contribution in [3.05, 3.63) is 66.1 Å².